The molecule has 0 aliphatic carbocycles. The second kappa shape index (κ2) is 8.94. The van der Waals surface area contributed by atoms with Crippen LogP contribution in [-0.2, 0) is 11.2 Å². The zero-order valence-corrected chi connectivity index (χ0v) is 12.8. The Morgan fingerprint density at radius 2 is 1.79 bits per heavy atom. The van der Waals surface area contributed by atoms with Crippen LogP contribution in [0.4, 0.5) is 0 Å². The maximum Gasteiger partial charge on any atom is 0.227 e. The molecule has 1 aromatic rings. The lowest BCUT2D eigenvalue weighted by atomic mass is 9.96. The summed E-state index contributed by atoms with van der Waals surface area (Å²) < 4.78 is 0. The molecule has 0 saturated carbocycles. The molecule has 1 atom stereocenters. The summed E-state index contributed by atoms with van der Waals surface area (Å²) in [5.74, 6) is 0.572. The predicted molar refractivity (Wildman–Crippen MR) is 82.7 cm³/mol. The Morgan fingerprint density at radius 3 is 2.26 bits per heavy atom. The fourth-order valence-electron chi connectivity index (χ4n) is 1.91. The van der Waals surface area contributed by atoms with Crippen molar-refractivity contribution in [3.05, 3.63) is 35.4 Å². The van der Waals surface area contributed by atoms with Gasteiger partial charge in [0.2, 0.25) is 5.91 Å². The third-order valence-corrected chi connectivity index (χ3v) is 2.96. The van der Waals surface area contributed by atoms with Crippen molar-refractivity contribution in [3.8, 4) is 0 Å². The molecule has 3 nitrogen and oxygen atoms in total. The lowest BCUT2D eigenvalue weighted by molar-refractivity contribution is -0.122. The van der Waals surface area contributed by atoms with Gasteiger partial charge >= 0.3 is 0 Å². The van der Waals surface area contributed by atoms with Crippen molar-refractivity contribution in [3.63, 3.8) is 0 Å². The molecule has 0 saturated heterocycles. The molecule has 19 heavy (non-hydrogen) atoms. The van der Waals surface area contributed by atoms with Gasteiger partial charge in [0.05, 0.1) is 5.92 Å². The number of amides is 1. The van der Waals surface area contributed by atoms with Gasteiger partial charge in [-0.2, -0.15) is 0 Å². The van der Waals surface area contributed by atoms with Gasteiger partial charge in [0.1, 0.15) is 0 Å². The van der Waals surface area contributed by atoms with Gasteiger partial charge in [0.25, 0.3) is 0 Å². The minimum absolute atomic E-state index is 0. The topological polar surface area (TPSA) is 55.1 Å². The van der Waals surface area contributed by atoms with Crippen LogP contribution in [0.5, 0.6) is 0 Å². The van der Waals surface area contributed by atoms with E-state index in [4.69, 9.17) is 5.73 Å². The highest BCUT2D eigenvalue weighted by atomic mass is 35.5. The third-order valence-electron chi connectivity index (χ3n) is 2.96. The fourth-order valence-corrected chi connectivity index (χ4v) is 1.91. The van der Waals surface area contributed by atoms with E-state index in [0.29, 0.717) is 19.0 Å². The number of halogens is 1. The molecule has 1 unspecified atom stereocenters. The summed E-state index contributed by atoms with van der Waals surface area (Å²) in [5, 5.41) is 2.81. The lowest BCUT2D eigenvalue weighted by Crippen LogP contribution is -2.32. The van der Waals surface area contributed by atoms with Crippen LogP contribution in [0.15, 0.2) is 24.3 Å². The van der Waals surface area contributed by atoms with Crippen LogP contribution in [0.1, 0.15) is 37.8 Å². The van der Waals surface area contributed by atoms with E-state index in [1.54, 1.807) is 0 Å². The normalized spacial score (nSPS) is 11.8. The Balaban J connectivity index is 0.00000324. The highest BCUT2D eigenvalue weighted by Crippen LogP contribution is 2.17. The zero-order chi connectivity index (χ0) is 13.5. The molecule has 0 heterocycles. The molecule has 4 heteroatoms. The molecule has 0 spiro atoms. The van der Waals surface area contributed by atoms with Gasteiger partial charge in [0.15, 0.2) is 0 Å². The first kappa shape index (κ1) is 17.9. The summed E-state index contributed by atoms with van der Waals surface area (Å²) >= 11 is 0. The van der Waals surface area contributed by atoms with Crippen molar-refractivity contribution in [2.24, 2.45) is 11.7 Å². The van der Waals surface area contributed by atoms with E-state index in [1.165, 1.54) is 5.56 Å². The van der Waals surface area contributed by atoms with Crippen molar-refractivity contribution in [1.82, 2.24) is 5.32 Å². The Hall–Kier alpha value is -1.06. The monoisotopic (exact) mass is 284 g/mol. The van der Waals surface area contributed by atoms with E-state index in [1.807, 2.05) is 19.1 Å². The van der Waals surface area contributed by atoms with Crippen molar-refractivity contribution in [2.45, 2.75) is 33.1 Å². The van der Waals surface area contributed by atoms with Crippen molar-refractivity contribution in [1.29, 1.82) is 0 Å². The van der Waals surface area contributed by atoms with Gasteiger partial charge in [-0.3, -0.25) is 4.79 Å². The molecule has 1 amide bonds. The van der Waals surface area contributed by atoms with Crippen molar-refractivity contribution in [2.75, 3.05) is 13.1 Å². The average Bonchev–Trinajstić information content (AvgIpc) is 2.35. The standard InChI is InChI=1S/C15H24N2O.ClH/c1-11(2)10-13-4-6-14(7-5-13)12(3)15(18)17-9-8-16;/h4-7,11-12H,8-10,16H2,1-3H3,(H,17,18);1H. The van der Waals surface area contributed by atoms with Gasteiger partial charge in [-0.05, 0) is 30.4 Å². The number of nitrogens with two attached hydrogens (primary N) is 1. The highest BCUT2D eigenvalue weighted by Gasteiger charge is 2.14. The molecule has 0 aliphatic heterocycles. The maximum atomic E-state index is 11.8. The molecule has 0 bridgehead atoms. The molecule has 0 aliphatic rings. The first-order valence-corrected chi connectivity index (χ1v) is 6.61. The summed E-state index contributed by atoms with van der Waals surface area (Å²) in [7, 11) is 0. The Morgan fingerprint density at radius 1 is 1.21 bits per heavy atom. The van der Waals surface area contributed by atoms with Crippen LogP contribution in [0.3, 0.4) is 0 Å². The molecule has 0 fully saturated rings. The summed E-state index contributed by atoms with van der Waals surface area (Å²) in [6.45, 7) is 7.34. The van der Waals surface area contributed by atoms with Crippen molar-refractivity contribution < 1.29 is 4.79 Å². The van der Waals surface area contributed by atoms with Gasteiger partial charge < -0.3 is 11.1 Å². The molecular formula is C15H25ClN2O. The van der Waals surface area contributed by atoms with E-state index in [0.717, 1.165) is 12.0 Å². The van der Waals surface area contributed by atoms with Crippen LogP contribution in [0, 0.1) is 5.92 Å². The summed E-state index contributed by atoms with van der Waals surface area (Å²) in [6.07, 6.45) is 1.08. The Labute approximate surface area is 122 Å². The fraction of sp³-hybridized carbons (Fsp3) is 0.533. The quantitative estimate of drug-likeness (QED) is 0.843. The molecule has 0 aromatic heterocycles. The summed E-state index contributed by atoms with van der Waals surface area (Å²) in [5.41, 5.74) is 7.74. The van der Waals surface area contributed by atoms with Gasteiger partial charge in [-0.15, -0.1) is 12.4 Å². The molecule has 0 radical (unpaired) electrons. The summed E-state index contributed by atoms with van der Waals surface area (Å²) in [6, 6.07) is 8.32. The molecule has 3 N–H and O–H groups in total. The van der Waals surface area contributed by atoms with Gasteiger partial charge in [0, 0.05) is 13.1 Å². The Kier molecular flexibility index (Phi) is 8.44. The molecule has 108 valence electrons. The van der Waals surface area contributed by atoms with Crippen LogP contribution in [0.2, 0.25) is 0 Å². The van der Waals surface area contributed by atoms with E-state index < -0.39 is 0 Å². The first-order chi connectivity index (χ1) is 8.54. The minimum atomic E-state index is -0.121. The van der Waals surface area contributed by atoms with E-state index in [9.17, 15) is 4.79 Å². The van der Waals surface area contributed by atoms with Crippen LogP contribution < -0.4 is 11.1 Å². The van der Waals surface area contributed by atoms with Gasteiger partial charge in [-0.25, -0.2) is 0 Å². The van der Waals surface area contributed by atoms with E-state index in [2.05, 4.69) is 31.3 Å². The summed E-state index contributed by atoms with van der Waals surface area (Å²) in [4.78, 5) is 11.8. The number of carbonyl (C=O) groups excluding carboxylic acids is 1. The largest absolute Gasteiger partial charge is 0.354 e. The SMILES string of the molecule is CC(C)Cc1ccc(C(C)C(=O)NCCN)cc1.Cl. The molecular weight excluding hydrogens is 260 g/mol. The number of nitrogens with one attached hydrogen (secondary N) is 1. The van der Waals surface area contributed by atoms with Crippen LogP contribution in [0.25, 0.3) is 0 Å². The predicted octanol–water partition coefficient (Wildman–Crippen LogP) is 2.49. The smallest absolute Gasteiger partial charge is 0.227 e. The third kappa shape index (κ3) is 6.08. The zero-order valence-electron chi connectivity index (χ0n) is 12.0. The van der Waals surface area contributed by atoms with E-state index >= 15 is 0 Å². The number of carbonyl (C=O) groups is 1. The van der Waals surface area contributed by atoms with E-state index in [-0.39, 0.29) is 24.2 Å². The average molecular weight is 285 g/mol. The van der Waals surface area contributed by atoms with Gasteiger partial charge in [-0.1, -0.05) is 38.1 Å². The molecule has 1 rings (SSSR count). The second-order valence-corrected chi connectivity index (χ2v) is 5.14. The van der Waals surface area contributed by atoms with Crippen molar-refractivity contribution >= 4 is 18.3 Å². The second-order valence-electron chi connectivity index (χ2n) is 5.14. The maximum absolute atomic E-state index is 11.8. The van der Waals surface area contributed by atoms with Crippen LogP contribution in [-0.4, -0.2) is 19.0 Å². The van der Waals surface area contributed by atoms with Crippen LogP contribution >= 0.6 is 12.4 Å². The number of rotatable bonds is 6. The lowest BCUT2D eigenvalue weighted by Gasteiger charge is -2.13. The highest BCUT2D eigenvalue weighted by molar-refractivity contribution is 5.85. The number of benzene rings is 1. The minimum Gasteiger partial charge on any atom is -0.354 e. The Bertz CT molecular complexity index is 376. The first-order valence-electron chi connectivity index (χ1n) is 6.61. The number of hydrogen-bond donors (Lipinski definition) is 2. The number of hydrogen-bond acceptors (Lipinski definition) is 2. The molecule has 1 aromatic carbocycles.